The number of rotatable bonds is 11. The minimum Gasteiger partial charge on any atom is -0.496 e. The molecule has 0 amide bonds. The Morgan fingerprint density at radius 2 is 1.84 bits per heavy atom. The molecular weight excluding hydrogens is 392 g/mol. The van der Waals surface area contributed by atoms with Crippen LogP contribution in [0, 0.1) is 0 Å². The summed E-state index contributed by atoms with van der Waals surface area (Å²) in [5, 5.41) is 14.1. The zero-order chi connectivity index (χ0) is 22.2. The van der Waals surface area contributed by atoms with Crippen molar-refractivity contribution in [1.29, 1.82) is 0 Å². The minimum atomic E-state index is -0.864. The van der Waals surface area contributed by atoms with Crippen molar-refractivity contribution in [2.45, 2.75) is 46.1 Å². The molecule has 164 valence electrons. The maximum atomic E-state index is 11.2. The fourth-order valence-corrected chi connectivity index (χ4v) is 3.50. The van der Waals surface area contributed by atoms with Crippen molar-refractivity contribution in [2.75, 3.05) is 13.7 Å². The zero-order valence-corrected chi connectivity index (χ0v) is 18.4. The van der Waals surface area contributed by atoms with Gasteiger partial charge in [0, 0.05) is 17.7 Å². The Balaban J connectivity index is 2.13. The molecule has 3 rings (SSSR count). The second-order valence-corrected chi connectivity index (χ2v) is 7.44. The number of nitrogens with zero attached hydrogens (tertiary/aromatic N) is 2. The summed E-state index contributed by atoms with van der Waals surface area (Å²) in [4.78, 5) is 11.2. The van der Waals surface area contributed by atoms with Crippen LogP contribution in [-0.4, -0.2) is 34.6 Å². The van der Waals surface area contributed by atoms with Gasteiger partial charge in [-0.05, 0) is 48.7 Å². The lowest BCUT2D eigenvalue weighted by Gasteiger charge is -2.11. The predicted molar refractivity (Wildman–Crippen MR) is 122 cm³/mol. The largest absolute Gasteiger partial charge is 0.496 e. The third kappa shape index (κ3) is 5.45. The van der Waals surface area contributed by atoms with Gasteiger partial charge >= 0.3 is 5.97 Å². The number of hydrogen-bond donors (Lipinski definition) is 1. The van der Waals surface area contributed by atoms with Crippen molar-refractivity contribution < 1.29 is 19.4 Å². The van der Waals surface area contributed by atoms with E-state index < -0.39 is 5.97 Å². The molecule has 2 aromatic carbocycles. The summed E-state index contributed by atoms with van der Waals surface area (Å²) in [6.07, 6.45) is 2.89. The molecule has 6 heteroatoms. The highest BCUT2D eigenvalue weighted by Crippen LogP contribution is 2.36. The van der Waals surface area contributed by atoms with Crippen molar-refractivity contribution in [3.63, 3.8) is 0 Å². The van der Waals surface area contributed by atoms with Crippen LogP contribution in [0.15, 0.2) is 48.5 Å². The molecule has 0 fully saturated rings. The highest BCUT2D eigenvalue weighted by molar-refractivity contribution is 5.77. The molecule has 31 heavy (non-hydrogen) atoms. The van der Waals surface area contributed by atoms with Gasteiger partial charge in [0.05, 0.1) is 31.5 Å². The smallest absolute Gasteiger partial charge is 0.307 e. The highest BCUT2D eigenvalue weighted by Gasteiger charge is 2.18. The van der Waals surface area contributed by atoms with E-state index in [2.05, 4.69) is 13.8 Å². The lowest BCUT2D eigenvalue weighted by atomic mass is 10.0. The van der Waals surface area contributed by atoms with Gasteiger partial charge in [-0.1, -0.05) is 38.5 Å². The third-order valence-corrected chi connectivity index (χ3v) is 5.02. The standard InChI is InChI=1S/C25H30N2O4/c1-4-6-13-27-22(19-9-7-8-10-23(19)30-3)17-21(26-27)20-15-18(16-25(28)29)11-12-24(20)31-14-5-2/h7-12,15,17H,4-6,13-14,16H2,1-3H3,(H,28,29). The zero-order valence-electron chi connectivity index (χ0n) is 18.4. The van der Waals surface area contributed by atoms with Gasteiger partial charge in [-0.2, -0.15) is 5.10 Å². The Labute approximate surface area is 183 Å². The molecule has 3 aromatic rings. The van der Waals surface area contributed by atoms with Crippen LogP contribution in [0.5, 0.6) is 11.5 Å². The van der Waals surface area contributed by atoms with Crippen molar-refractivity contribution in [2.24, 2.45) is 0 Å². The number of carbonyl (C=O) groups is 1. The van der Waals surface area contributed by atoms with Crippen LogP contribution in [0.2, 0.25) is 0 Å². The van der Waals surface area contributed by atoms with Gasteiger partial charge in [0.15, 0.2) is 0 Å². The molecule has 0 saturated carbocycles. The van der Waals surface area contributed by atoms with Gasteiger partial charge in [-0.15, -0.1) is 0 Å². The van der Waals surface area contributed by atoms with Crippen LogP contribution in [-0.2, 0) is 17.8 Å². The molecule has 0 aliphatic rings. The van der Waals surface area contributed by atoms with E-state index in [9.17, 15) is 9.90 Å². The molecule has 1 heterocycles. The molecule has 0 aliphatic heterocycles. The van der Waals surface area contributed by atoms with Crippen molar-refractivity contribution in [3.05, 3.63) is 54.1 Å². The van der Waals surface area contributed by atoms with Crippen LogP contribution >= 0.6 is 0 Å². The van der Waals surface area contributed by atoms with Gasteiger partial charge in [0.25, 0.3) is 0 Å². The van der Waals surface area contributed by atoms with Gasteiger partial charge < -0.3 is 14.6 Å². The molecule has 0 unspecified atom stereocenters. The summed E-state index contributed by atoms with van der Waals surface area (Å²) >= 11 is 0. The van der Waals surface area contributed by atoms with E-state index in [1.54, 1.807) is 13.2 Å². The lowest BCUT2D eigenvalue weighted by molar-refractivity contribution is -0.136. The molecule has 1 aromatic heterocycles. The van der Waals surface area contributed by atoms with Gasteiger partial charge in [-0.25, -0.2) is 0 Å². The Bertz CT molecular complexity index is 1030. The highest BCUT2D eigenvalue weighted by atomic mass is 16.5. The van der Waals surface area contributed by atoms with Gasteiger partial charge in [-0.3, -0.25) is 9.48 Å². The second-order valence-electron chi connectivity index (χ2n) is 7.44. The summed E-state index contributed by atoms with van der Waals surface area (Å²) in [5.74, 6) is 0.632. The van der Waals surface area contributed by atoms with Crippen molar-refractivity contribution in [1.82, 2.24) is 9.78 Å². The fraction of sp³-hybridized carbons (Fsp3) is 0.360. The van der Waals surface area contributed by atoms with Gasteiger partial charge in [0.2, 0.25) is 0 Å². The van der Waals surface area contributed by atoms with Crippen LogP contribution in [0.25, 0.3) is 22.5 Å². The Kier molecular flexibility index (Phi) is 7.70. The first-order valence-electron chi connectivity index (χ1n) is 10.8. The molecular formula is C25H30N2O4. The number of para-hydroxylation sites is 1. The number of ether oxygens (including phenoxy) is 2. The third-order valence-electron chi connectivity index (χ3n) is 5.02. The number of benzene rings is 2. The van der Waals surface area contributed by atoms with E-state index in [1.165, 1.54) is 0 Å². The average molecular weight is 423 g/mol. The summed E-state index contributed by atoms with van der Waals surface area (Å²) in [5.41, 5.74) is 4.21. The average Bonchev–Trinajstić information content (AvgIpc) is 3.20. The first-order chi connectivity index (χ1) is 15.1. The number of methoxy groups -OCH3 is 1. The van der Waals surface area contributed by atoms with Crippen LogP contribution in [0.1, 0.15) is 38.7 Å². The quantitative estimate of drug-likeness (QED) is 0.445. The number of unbranched alkanes of at least 4 members (excludes halogenated alkanes) is 1. The van der Waals surface area contributed by atoms with E-state index >= 15 is 0 Å². The van der Waals surface area contributed by atoms with Crippen LogP contribution < -0.4 is 9.47 Å². The number of aromatic nitrogens is 2. The van der Waals surface area contributed by atoms with Crippen LogP contribution in [0.3, 0.4) is 0 Å². The summed E-state index contributed by atoms with van der Waals surface area (Å²) in [6, 6.07) is 15.5. The first kappa shape index (κ1) is 22.4. The molecule has 6 nitrogen and oxygen atoms in total. The maximum Gasteiger partial charge on any atom is 0.307 e. The number of aryl methyl sites for hydroxylation is 1. The number of carboxylic acids is 1. The van der Waals surface area contributed by atoms with E-state index in [0.29, 0.717) is 17.9 Å². The van der Waals surface area contributed by atoms with Crippen molar-refractivity contribution in [3.8, 4) is 34.0 Å². The van der Waals surface area contributed by atoms with E-state index in [4.69, 9.17) is 14.6 Å². The number of hydrogen-bond acceptors (Lipinski definition) is 4. The van der Waals surface area contributed by atoms with E-state index in [0.717, 1.165) is 54.1 Å². The summed E-state index contributed by atoms with van der Waals surface area (Å²) < 4.78 is 13.5. The Morgan fingerprint density at radius 3 is 2.55 bits per heavy atom. The Morgan fingerprint density at radius 1 is 1.03 bits per heavy atom. The van der Waals surface area contributed by atoms with Crippen molar-refractivity contribution >= 4 is 5.97 Å². The normalized spacial score (nSPS) is 10.8. The predicted octanol–water partition coefficient (Wildman–Crippen LogP) is 5.44. The van der Waals surface area contributed by atoms with Crippen LogP contribution in [0.4, 0.5) is 0 Å². The lowest BCUT2D eigenvalue weighted by Crippen LogP contribution is -2.04. The first-order valence-corrected chi connectivity index (χ1v) is 10.8. The molecule has 0 radical (unpaired) electrons. The Hall–Kier alpha value is -3.28. The molecule has 0 aliphatic carbocycles. The summed E-state index contributed by atoms with van der Waals surface area (Å²) in [7, 11) is 1.67. The molecule has 0 spiro atoms. The molecule has 1 N–H and O–H groups in total. The summed E-state index contributed by atoms with van der Waals surface area (Å²) in [6.45, 7) is 5.57. The van der Waals surface area contributed by atoms with E-state index in [1.807, 2.05) is 47.1 Å². The molecule has 0 atom stereocenters. The molecule has 0 saturated heterocycles. The second kappa shape index (κ2) is 10.7. The fourth-order valence-electron chi connectivity index (χ4n) is 3.50. The number of carboxylic acid groups (broad SMARTS) is 1. The maximum absolute atomic E-state index is 11.2. The van der Waals surface area contributed by atoms with Gasteiger partial charge in [0.1, 0.15) is 11.5 Å². The van der Waals surface area contributed by atoms with E-state index in [-0.39, 0.29) is 6.42 Å². The molecule has 0 bridgehead atoms. The SMILES string of the molecule is CCCCn1nc(-c2cc(CC(=O)O)ccc2OCCC)cc1-c1ccccc1OC. The minimum absolute atomic E-state index is 0.0447. The number of aliphatic carboxylic acids is 1. The topological polar surface area (TPSA) is 73.6 Å². The monoisotopic (exact) mass is 422 g/mol.